The Morgan fingerprint density at radius 2 is 1.19 bits per heavy atom. The Balaban J connectivity index is 1.95. The summed E-state index contributed by atoms with van der Waals surface area (Å²) >= 11 is 6.78. The van der Waals surface area contributed by atoms with Gasteiger partial charge in [0.1, 0.15) is 23.0 Å². The quantitative estimate of drug-likeness (QED) is 0.669. The summed E-state index contributed by atoms with van der Waals surface area (Å²) in [5, 5.41) is 0. The molecule has 0 saturated carbocycles. The third kappa shape index (κ3) is 4.31. The number of hydrogen-bond acceptors (Lipinski definition) is 4. The molecule has 2 aromatic rings. The monoisotopic (exact) mass is 414 g/mol. The molecule has 0 unspecified atom stereocenters. The smallest absolute Gasteiger partial charge is 0.528 e. The van der Waals surface area contributed by atoms with Crippen molar-refractivity contribution in [1.29, 1.82) is 0 Å². The average molecular weight is 416 g/mol. The molecule has 0 heterocycles. The third-order valence-electron chi connectivity index (χ3n) is 2.70. The van der Waals surface area contributed by atoms with Crippen molar-refractivity contribution in [3.8, 4) is 23.0 Å². The molecule has 0 saturated heterocycles. The minimum absolute atomic E-state index is 0.0928. The number of rotatable bonds is 6. The van der Waals surface area contributed by atoms with Gasteiger partial charge in [-0.2, -0.15) is 0 Å². The number of halogens is 2. The highest BCUT2D eigenvalue weighted by Gasteiger charge is 2.06. The van der Waals surface area contributed by atoms with E-state index in [-0.39, 0.29) is 7.69 Å². The van der Waals surface area contributed by atoms with E-state index >= 15 is 0 Å². The molecule has 0 aliphatic rings. The Labute approximate surface area is 140 Å². The lowest BCUT2D eigenvalue weighted by atomic mass is 10.2. The van der Waals surface area contributed by atoms with Crippen LogP contribution in [0, 0.1) is 0 Å². The lowest BCUT2D eigenvalue weighted by Crippen LogP contribution is -2.11. The molecule has 0 amide bonds. The predicted octanol–water partition coefficient (Wildman–Crippen LogP) is 3.95. The zero-order chi connectivity index (χ0) is 15.2. The lowest BCUT2D eigenvalue weighted by molar-refractivity contribution is 0.404. The number of benzene rings is 2. The second kappa shape index (κ2) is 7.61. The number of methoxy groups -OCH3 is 2. The van der Waals surface area contributed by atoms with Gasteiger partial charge in [0.05, 0.1) is 23.2 Å². The van der Waals surface area contributed by atoms with E-state index in [1.54, 1.807) is 26.4 Å². The van der Waals surface area contributed by atoms with Gasteiger partial charge in [0, 0.05) is 12.1 Å². The molecule has 0 fully saturated rings. The highest BCUT2D eigenvalue weighted by molar-refractivity contribution is 9.10. The Kier molecular flexibility index (Phi) is 5.81. The van der Waals surface area contributed by atoms with Crippen molar-refractivity contribution < 1.29 is 18.8 Å². The molecule has 110 valence electrons. The zero-order valence-electron chi connectivity index (χ0n) is 11.6. The molecule has 0 N–H and O–H groups in total. The fraction of sp³-hybridized carbons (Fsp3) is 0.143. The summed E-state index contributed by atoms with van der Waals surface area (Å²) in [6.07, 6.45) is 0. The van der Waals surface area contributed by atoms with Gasteiger partial charge in [-0.3, -0.25) is 0 Å². The van der Waals surface area contributed by atoms with Gasteiger partial charge in [-0.15, -0.1) is 0 Å². The highest BCUT2D eigenvalue weighted by atomic mass is 79.9. The second-order valence-corrected chi connectivity index (χ2v) is 5.71. The van der Waals surface area contributed by atoms with Gasteiger partial charge in [-0.05, 0) is 56.1 Å². The first-order valence-corrected chi connectivity index (χ1v) is 7.65. The summed E-state index contributed by atoms with van der Waals surface area (Å²) in [6, 6.07) is 11.0. The maximum absolute atomic E-state index is 5.54. The molecule has 0 atom stereocenters. The van der Waals surface area contributed by atoms with E-state index in [2.05, 4.69) is 31.9 Å². The summed E-state index contributed by atoms with van der Waals surface area (Å²) < 4.78 is 23.2. The standard InChI is InChI=1S/C14H13BBr2O4/c1-18-13-7-9(3-5-11(13)16)20-15-21-10-4-6-12(17)14(8-10)19-2/h3-8,15H,1-2H3. The first-order chi connectivity index (χ1) is 10.1. The molecule has 0 aliphatic heterocycles. The Morgan fingerprint density at radius 1 is 0.762 bits per heavy atom. The van der Waals surface area contributed by atoms with Crippen molar-refractivity contribution in [2.24, 2.45) is 0 Å². The van der Waals surface area contributed by atoms with Gasteiger partial charge in [-0.1, -0.05) is 0 Å². The Morgan fingerprint density at radius 3 is 1.57 bits per heavy atom. The fourth-order valence-corrected chi connectivity index (χ4v) is 2.44. The van der Waals surface area contributed by atoms with Crippen LogP contribution in [0.1, 0.15) is 0 Å². The van der Waals surface area contributed by atoms with E-state index in [0.717, 1.165) is 8.95 Å². The van der Waals surface area contributed by atoms with Crippen LogP contribution in [-0.4, -0.2) is 21.9 Å². The maximum Gasteiger partial charge on any atom is 0.576 e. The third-order valence-corrected chi connectivity index (χ3v) is 4.01. The van der Waals surface area contributed by atoms with Gasteiger partial charge in [0.15, 0.2) is 0 Å². The summed E-state index contributed by atoms with van der Waals surface area (Å²) in [7, 11) is 3.30. The van der Waals surface area contributed by atoms with Crippen LogP contribution in [0.5, 0.6) is 23.0 Å². The van der Waals surface area contributed by atoms with E-state index in [0.29, 0.717) is 23.0 Å². The number of ether oxygens (including phenoxy) is 2. The molecular weight excluding hydrogens is 403 g/mol. The molecule has 0 radical (unpaired) electrons. The first kappa shape index (κ1) is 16.0. The lowest BCUT2D eigenvalue weighted by Gasteiger charge is -2.11. The molecular formula is C14H13BBr2O4. The van der Waals surface area contributed by atoms with Gasteiger partial charge < -0.3 is 18.8 Å². The summed E-state index contributed by atoms with van der Waals surface area (Å²) in [5.41, 5.74) is 0. The second-order valence-electron chi connectivity index (χ2n) is 4.00. The topological polar surface area (TPSA) is 36.9 Å². The average Bonchev–Trinajstić information content (AvgIpc) is 2.50. The van der Waals surface area contributed by atoms with Crippen LogP contribution in [0.15, 0.2) is 45.3 Å². The van der Waals surface area contributed by atoms with Crippen molar-refractivity contribution in [3.63, 3.8) is 0 Å². The van der Waals surface area contributed by atoms with E-state index in [1.165, 1.54) is 0 Å². The highest BCUT2D eigenvalue weighted by Crippen LogP contribution is 2.30. The van der Waals surface area contributed by atoms with Crippen molar-refractivity contribution in [2.45, 2.75) is 0 Å². The van der Waals surface area contributed by atoms with Gasteiger partial charge in [0.25, 0.3) is 0 Å². The van der Waals surface area contributed by atoms with Crippen molar-refractivity contribution in [3.05, 3.63) is 45.3 Å². The van der Waals surface area contributed by atoms with Crippen LogP contribution in [0.3, 0.4) is 0 Å². The summed E-state index contributed by atoms with van der Waals surface area (Å²) in [6.45, 7) is 0. The van der Waals surface area contributed by atoms with Crippen LogP contribution < -0.4 is 18.8 Å². The van der Waals surface area contributed by atoms with Crippen LogP contribution in [0.2, 0.25) is 0 Å². The van der Waals surface area contributed by atoms with E-state index in [9.17, 15) is 0 Å². The van der Waals surface area contributed by atoms with E-state index < -0.39 is 0 Å². The molecule has 4 nitrogen and oxygen atoms in total. The van der Waals surface area contributed by atoms with Crippen LogP contribution in [-0.2, 0) is 0 Å². The fourth-order valence-electron chi connectivity index (χ4n) is 1.63. The zero-order valence-corrected chi connectivity index (χ0v) is 14.7. The summed E-state index contributed by atoms with van der Waals surface area (Å²) in [4.78, 5) is 0. The number of hydrogen-bond donors (Lipinski definition) is 0. The van der Waals surface area contributed by atoms with E-state index in [1.807, 2.05) is 24.3 Å². The predicted molar refractivity (Wildman–Crippen MR) is 89.8 cm³/mol. The van der Waals surface area contributed by atoms with Gasteiger partial charge in [0.2, 0.25) is 0 Å². The Hall–Kier alpha value is -1.34. The maximum atomic E-state index is 5.54. The van der Waals surface area contributed by atoms with Crippen LogP contribution >= 0.6 is 31.9 Å². The van der Waals surface area contributed by atoms with Crippen LogP contribution in [0.25, 0.3) is 0 Å². The summed E-state index contributed by atoms with van der Waals surface area (Å²) in [5.74, 6) is 2.74. The molecule has 2 rings (SSSR count). The SMILES string of the molecule is COc1cc(OBOc2ccc(Br)c(OC)c2)ccc1Br. The minimum atomic E-state index is 0.0928. The molecule has 0 aliphatic carbocycles. The van der Waals surface area contributed by atoms with Gasteiger partial charge >= 0.3 is 7.69 Å². The molecule has 0 spiro atoms. The van der Waals surface area contributed by atoms with Crippen LogP contribution in [0.4, 0.5) is 0 Å². The molecule has 0 aromatic heterocycles. The Bertz CT molecular complexity index is 568. The molecule has 0 bridgehead atoms. The molecule has 7 heteroatoms. The molecule has 21 heavy (non-hydrogen) atoms. The first-order valence-electron chi connectivity index (χ1n) is 6.06. The normalized spacial score (nSPS) is 9.90. The minimum Gasteiger partial charge on any atom is -0.528 e. The van der Waals surface area contributed by atoms with Crippen molar-refractivity contribution >= 4 is 39.5 Å². The van der Waals surface area contributed by atoms with Crippen molar-refractivity contribution in [1.82, 2.24) is 0 Å². The molecule has 2 aromatic carbocycles. The van der Waals surface area contributed by atoms with Gasteiger partial charge in [-0.25, -0.2) is 0 Å². The van der Waals surface area contributed by atoms with Crippen molar-refractivity contribution in [2.75, 3.05) is 14.2 Å². The van der Waals surface area contributed by atoms with E-state index in [4.69, 9.17) is 18.8 Å². The largest absolute Gasteiger partial charge is 0.576 e.